The summed E-state index contributed by atoms with van der Waals surface area (Å²) in [5.74, 6) is 1.10. The minimum Gasteiger partial charge on any atom is -0.393 e. The zero-order chi connectivity index (χ0) is 12.1. The highest BCUT2D eigenvalue weighted by Gasteiger charge is 2.25. The van der Waals surface area contributed by atoms with Crippen LogP contribution in [-0.4, -0.2) is 62.7 Å². The van der Waals surface area contributed by atoms with Gasteiger partial charge >= 0.3 is 0 Å². The van der Waals surface area contributed by atoms with Crippen LogP contribution in [0.25, 0.3) is 0 Å². The molecular weight excluding hydrogens is 218 g/mol. The molecule has 2 rings (SSSR count). The fourth-order valence-corrected chi connectivity index (χ4v) is 2.21. The van der Waals surface area contributed by atoms with E-state index >= 15 is 0 Å². The van der Waals surface area contributed by atoms with Crippen LogP contribution < -0.4 is 0 Å². The molecule has 2 unspecified atom stereocenters. The number of hydrogen-bond acceptors (Lipinski definition) is 4. The molecule has 0 aromatic rings. The van der Waals surface area contributed by atoms with Crippen molar-refractivity contribution in [3.05, 3.63) is 0 Å². The first-order valence-electron chi connectivity index (χ1n) is 6.78. The Hall–Kier alpha value is -0.160. The SMILES string of the molecule is CN(CCOCC1CC1)CC1COCCC1O. The molecule has 0 spiro atoms. The molecule has 1 aliphatic heterocycles. The fraction of sp³-hybridized carbons (Fsp3) is 1.00. The van der Waals surface area contributed by atoms with E-state index in [1.54, 1.807) is 0 Å². The molecule has 1 aliphatic carbocycles. The van der Waals surface area contributed by atoms with Crippen molar-refractivity contribution >= 4 is 0 Å². The van der Waals surface area contributed by atoms with E-state index in [9.17, 15) is 5.11 Å². The van der Waals surface area contributed by atoms with Crippen LogP contribution in [0.2, 0.25) is 0 Å². The summed E-state index contributed by atoms with van der Waals surface area (Å²) in [5.41, 5.74) is 0. The molecule has 0 aromatic carbocycles. The van der Waals surface area contributed by atoms with Crippen molar-refractivity contribution in [3.8, 4) is 0 Å². The third kappa shape index (κ3) is 4.92. The standard InChI is InChI=1S/C13H25NO3/c1-14(5-7-17-9-11-2-3-11)8-12-10-16-6-4-13(12)15/h11-13,15H,2-10H2,1H3. The summed E-state index contributed by atoms with van der Waals surface area (Å²) in [6.45, 7) is 4.96. The Morgan fingerprint density at radius 3 is 2.88 bits per heavy atom. The second-order valence-corrected chi connectivity index (χ2v) is 5.47. The average Bonchev–Trinajstić information content (AvgIpc) is 3.12. The predicted molar refractivity (Wildman–Crippen MR) is 66.0 cm³/mol. The maximum Gasteiger partial charge on any atom is 0.0624 e. The first-order valence-corrected chi connectivity index (χ1v) is 6.78. The van der Waals surface area contributed by atoms with Gasteiger partial charge in [0, 0.05) is 32.2 Å². The van der Waals surface area contributed by atoms with Crippen molar-refractivity contribution in [2.45, 2.75) is 25.4 Å². The zero-order valence-corrected chi connectivity index (χ0v) is 10.8. The van der Waals surface area contributed by atoms with Crippen LogP contribution in [0, 0.1) is 11.8 Å². The van der Waals surface area contributed by atoms with Gasteiger partial charge in [0.05, 0.1) is 19.3 Å². The molecule has 100 valence electrons. The summed E-state index contributed by atoms with van der Waals surface area (Å²) >= 11 is 0. The summed E-state index contributed by atoms with van der Waals surface area (Å²) in [6, 6.07) is 0. The second kappa shape index (κ2) is 6.69. The molecule has 1 saturated heterocycles. The van der Waals surface area contributed by atoms with Gasteiger partial charge in [-0.25, -0.2) is 0 Å². The van der Waals surface area contributed by atoms with Crippen molar-refractivity contribution < 1.29 is 14.6 Å². The number of likely N-dealkylation sites (N-methyl/N-ethyl adjacent to an activating group) is 1. The van der Waals surface area contributed by atoms with Crippen LogP contribution >= 0.6 is 0 Å². The Morgan fingerprint density at radius 1 is 1.35 bits per heavy atom. The van der Waals surface area contributed by atoms with Crippen LogP contribution in [0.1, 0.15) is 19.3 Å². The molecule has 17 heavy (non-hydrogen) atoms. The lowest BCUT2D eigenvalue weighted by atomic mass is 9.98. The Labute approximate surface area is 104 Å². The van der Waals surface area contributed by atoms with Gasteiger partial charge in [0.15, 0.2) is 0 Å². The summed E-state index contributed by atoms with van der Waals surface area (Å²) in [6.07, 6.45) is 3.28. The van der Waals surface area contributed by atoms with E-state index in [1.165, 1.54) is 12.8 Å². The van der Waals surface area contributed by atoms with Gasteiger partial charge < -0.3 is 19.5 Å². The van der Waals surface area contributed by atoms with Crippen LogP contribution in [-0.2, 0) is 9.47 Å². The maximum atomic E-state index is 9.83. The fourth-order valence-electron chi connectivity index (χ4n) is 2.21. The Morgan fingerprint density at radius 2 is 2.18 bits per heavy atom. The van der Waals surface area contributed by atoms with E-state index in [4.69, 9.17) is 9.47 Å². The summed E-state index contributed by atoms with van der Waals surface area (Å²) < 4.78 is 11.0. The number of rotatable bonds is 7. The Balaban J connectivity index is 1.53. The molecule has 2 fully saturated rings. The van der Waals surface area contributed by atoms with Crippen molar-refractivity contribution in [3.63, 3.8) is 0 Å². The summed E-state index contributed by atoms with van der Waals surface area (Å²) in [4.78, 5) is 2.23. The molecule has 0 amide bonds. The van der Waals surface area contributed by atoms with Crippen molar-refractivity contribution in [2.24, 2.45) is 11.8 Å². The number of nitrogens with zero attached hydrogens (tertiary/aromatic N) is 1. The van der Waals surface area contributed by atoms with E-state index in [-0.39, 0.29) is 12.0 Å². The normalized spacial score (nSPS) is 29.8. The maximum absolute atomic E-state index is 9.83. The van der Waals surface area contributed by atoms with Crippen molar-refractivity contribution in [1.82, 2.24) is 4.90 Å². The average molecular weight is 243 g/mol. The largest absolute Gasteiger partial charge is 0.393 e. The lowest BCUT2D eigenvalue weighted by molar-refractivity contribution is -0.0461. The quantitative estimate of drug-likeness (QED) is 0.670. The second-order valence-electron chi connectivity index (χ2n) is 5.47. The third-order valence-electron chi connectivity index (χ3n) is 3.65. The van der Waals surface area contributed by atoms with Gasteiger partial charge in [-0.05, 0) is 32.2 Å². The first-order chi connectivity index (χ1) is 8.25. The molecule has 2 atom stereocenters. The zero-order valence-electron chi connectivity index (χ0n) is 10.8. The lowest BCUT2D eigenvalue weighted by Crippen LogP contribution is -2.40. The molecular formula is C13H25NO3. The minimum atomic E-state index is -0.196. The molecule has 1 N–H and O–H groups in total. The van der Waals surface area contributed by atoms with E-state index in [1.807, 2.05) is 0 Å². The highest BCUT2D eigenvalue weighted by Crippen LogP contribution is 2.28. The van der Waals surface area contributed by atoms with Gasteiger partial charge in [0.25, 0.3) is 0 Å². The first kappa shape index (κ1) is 13.3. The molecule has 0 aromatic heterocycles. The van der Waals surface area contributed by atoms with Gasteiger partial charge in [0.2, 0.25) is 0 Å². The van der Waals surface area contributed by atoms with Crippen molar-refractivity contribution in [1.29, 1.82) is 0 Å². The molecule has 4 nitrogen and oxygen atoms in total. The van der Waals surface area contributed by atoms with Gasteiger partial charge in [-0.3, -0.25) is 0 Å². The third-order valence-corrected chi connectivity index (χ3v) is 3.65. The highest BCUT2D eigenvalue weighted by molar-refractivity contribution is 4.75. The van der Waals surface area contributed by atoms with Gasteiger partial charge in [0.1, 0.15) is 0 Å². The van der Waals surface area contributed by atoms with Gasteiger partial charge in [-0.2, -0.15) is 0 Å². The lowest BCUT2D eigenvalue weighted by Gasteiger charge is -2.31. The number of ether oxygens (including phenoxy) is 2. The van der Waals surface area contributed by atoms with Crippen LogP contribution in [0.15, 0.2) is 0 Å². The van der Waals surface area contributed by atoms with E-state index in [0.717, 1.165) is 38.6 Å². The van der Waals surface area contributed by atoms with Crippen LogP contribution in [0.3, 0.4) is 0 Å². The van der Waals surface area contributed by atoms with Crippen molar-refractivity contribution in [2.75, 3.05) is 46.6 Å². The summed E-state index contributed by atoms with van der Waals surface area (Å²) in [5, 5.41) is 9.83. The summed E-state index contributed by atoms with van der Waals surface area (Å²) in [7, 11) is 2.09. The topological polar surface area (TPSA) is 41.9 Å². The minimum absolute atomic E-state index is 0.196. The molecule has 0 radical (unpaired) electrons. The smallest absolute Gasteiger partial charge is 0.0624 e. The van der Waals surface area contributed by atoms with Crippen LogP contribution in [0.5, 0.6) is 0 Å². The van der Waals surface area contributed by atoms with E-state index < -0.39 is 0 Å². The van der Waals surface area contributed by atoms with Gasteiger partial charge in [-0.1, -0.05) is 0 Å². The Bertz CT molecular complexity index is 221. The molecule has 1 saturated carbocycles. The highest BCUT2D eigenvalue weighted by atomic mass is 16.5. The number of aliphatic hydroxyl groups is 1. The van der Waals surface area contributed by atoms with E-state index in [2.05, 4.69) is 11.9 Å². The molecule has 2 aliphatic rings. The molecule has 0 bridgehead atoms. The number of aliphatic hydroxyl groups excluding tert-OH is 1. The monoisotopic (exact) mass is 243 g/mol. The van der Waals surface area contributed by atoms with Crippen LogP contribution in [0.4, 0.5) is 0 Å². The molecule has 1 heterocycles. The van der Waals surface area contributed by atoms with Gasteiger partial charge in [-0.15, -0.1) is 0 Å². The van der Waals surface area contributed by atoms with E-state index in [0.29, 0.717) is 13.2 Å². The Kier molecular flexibility index (Phi) is 5.22. The number of hydrogen-bond donors (Lipinski definition) is 1. The molecule has 4 heteroatoms. The predicted octanol–water partition coefficient (Wildman–Crippen LogP) is 0.742.